The molecule has 2 aromatic rings. The molecular weight excluding hydrogens is 524 g/mol. The number of allylic oxidation sites excluding steroid dienone is 1. The van der Waals surface area contributed by atoms with Crippen LogP contribution in [-0.2, 0) is 15.6 Å². The van der Waals surface area contributed by atoms with Crippen molar-refractivity contribution < 1.29 is 9.00 Å². The minimum Gasteiger partial charge on any atom is -0.353 e. The number of carbonyl (C=O) groups is 1. The van der Waals surface area contributed by atoms with E-state index >= 15 is 0 Å². The number of aliphatic imine (C=N–C) groups is 2. The third kappa shape index (κ3) is 5.35. The Morgan fingerprint density at radius 3 is 2.58 bits per heavy atom. The molecule has 210 valence electrons. The number of aromatic nitrogens is 2. The molecule has 6 atom stereocenters. The number of fused-ring (bicyclic) bond motifs is 2. The van der Waals surface area contributed by atoms with Crippen LogP contribution in [0.4, 0.5) is 0 Å². The van der Waals surface area contributed by atoms with E-state index in [1.807, 2.05) is 41.4 Å². The van der Waals surface area contributed by atoms with Gasteiger partial charge in [-0.2, -0.15) is 0 Å². The van der Waals surface area contributed by atoms with Crippen LogP contribution in [0.5, 0.6) is 0 Å². The van der Waals surface area contributed by atoms with E-state index in [1.54, 1.807) is 19.5 Å². The lowest BCUT2D eigenvalue weighted by molar-refractivity contribution is -0.146. The summed E-state index contributed by atoms with van der Waals surface area (Å²) in [5, 5.41) is 5.77. The van der Waals surface area contributed by atoms with Crippen LogP contribution in [0.2, 0.25) is 0 Å². The molecule has 2 saturated heterocycles. The van der Waals surface area contributed by atoms with Gasteiger partial charge in [0.15, 0.2) is 0 Å². The summed E-state index contributed by atoms with van der Waals surface area (Å²) in [5.41, 5.74) is 11.3. The highest BCUT2D eigenvalue weighted by molar-refractivity contribution is 7.85. The lowest BCUT2D eigenvalue weighted by Crippen LogP contribution is -2.66. The summed E-state index contributed by atoms with van der Waals surface area (Å²) in [7, 11) is 0.414. The Labute approximate surface area is 237 Å². The molecule has 1 amide bonds. The van der Waals surface area contributed by atoms with Crippen molar-refractivity contribution in [3.8, 4) is 11.4 Å². The maximum Gasteiger partial charge on any atom is 0.270 e. The van der Waals surface area contributed by atoms with Crippen LogP contribution in [0.3, 0.4) is 0 Å². The van der Waals surface area contributed by atoms with E-state index in [0.717, 1.165) is 47.5 Å². The highest BCUT2D eigenvalue weighted by Crippen LogP contribution is 2.44. The van der Waals surface area contributed by atoms with Crippen LogP contribution >= 0.6 is 0 Å². The zero-order chi connectivity index (χ0) is 28.4. The molecule has 10 nitrogen and oxygen atoms in total. The van der Waals surface area contributed by atoms with E-state index in [-0.39, 0.29) is 23.9 Å². The Bertz CT molecular complexity index is 1380. The first kappa shape index (κ1) is 27.9. The van der Waals surface area contributed by atoms with Gasteiger partial charge < -0.3 is 21.3 Å². The second kappa shape index (κ2) is 11.8. The van der Waals surface area contributed by atoms with E-state index in [0.29, 0.717) is 17.9 Å². The fourth-order valence-corrected chi connectivity index (χ4v) is 7.12. The Balaban J connectivity index is 1.42. The molecule has 4 aliphatic rings. The summed E-state index contributed by atoms with van der Waals surface area (Å²) in [6, 6.07) is 9.92. The van der Waals surface area contributed by atoms with Crippen LogP contribution < -0.4 is 16.4 Å². The number of piperidine rings is 1. The number of hydrogen-bond donors (Lipinski definition) is 3. The van der Waals surface area contributed by atoms with E-state index in [1.165, 1.54) is 6.34 Å². The molecule has 1 saturated carbocycles. The third-order valence-corrected chi connectivity index (χ3v) is 9.17. The Hall–Kier alpha value is -3.70. The molecule has 4 N–H and O–H groups in total. The van der Waals surface area contributed by atoms with E-state index < -0.39 is 22.2 Å². The summed E-state index contributed by atoms with van der Waals surface area (Å²) in [6.45, 7) is 5.94. The molecule has 0 radical (unpaired) electrons. The topological polar surface area (TPSA) is 138 Å². The summed E-state index contributed by atoms with van der Waals surface area (Å²) in [5.74, 6) is 0.684. The summed E-state index contributed by atoms with van der Waals surface area (Å²) < 4.78 is 12.9. The van der Waals surface area contributed by atoms with Crippen LogP contribution in [0.15, 0.2) is 70.8 Å². The van der Waals surface area contributed by atoms with Gasteiger partial charge in [0.2, 0.25) is 0 Å². The first-order valence-electron chi connectivity index (χ1n) is 13.5. The van der Waals surface area contributed by atoms with Gasteiger partial charge in [0, 0.05) is 65.8 Å². The van der Waals surface area contributed by atoms with Crippen molar-refractivity contribution in [3.63, 3.8) is 0 Å². The van der Waals surface area contributed by atoms with Crippen LogP contribution in [-0.4, -0.2) is 73.8 Å². The summed E-state index contributed by atoms with van der Waals surface area (Å²) in [4.78, 5) is 32.9. The smallest absolute Gasteiger partial charge is 0.270 e. The number of pyridine rings is 2. The number of nitrogens with two attached hydrogens (primary N) is 1. The van der Waals surface area contributed by atoms with Crippen molar-refractivity contribution in [2.24, 2.45) is 21.6 Å². The van der Waals surface area contributed by atoms with Gasteiger partial charge in [-0.3, -0.25) is 24.0 Å². The number of carbonyl (C=O) groups excluding carboxylic acids is 1. The van der Waals surface area contributed by atoms with Crippen molar-refractivity contribution in [3.05, 3.63) is 66.4 Å². The van der Waals surface area contributed by atoms with Crippen molar-refractivity contribution in [2.75, 3.05) is 13.3 Å². The average molecular weight is 561 g/mol. The van der Waals surface area contributed by atoms with Crippen molar-refractivity contribution in [1.29, 1.82) is 0 Å². The molecular formula is C29H36N8O2S. The van der Waals surface area contributed by atoms with E-state index in [4.69, 9.17) is 10.7 Å². The lowest BCUT2D eigenvalue weighted by Gasteiger charge is -2.56. The number of rotatable bonds is 8. The molecule has 5 heterocycles. The number of hydrogen-bond acceptors (Lipinski definition) is 8. The zero-order valence-corrected chi connectivity index (χ0v) is 23.9. The SMILES string of the molecule is C=C(NC=NC)C(=O)N1[C@@H]2CC(C3=N/C(=C(/CC)c4ccc(-c5ccccn5)nc4)NC(N)C3S(C)=O)C[C@H]1C2. The van der Waals surface area contributed by atoms with Gasteiger partial charge in [0.05, 0.1) is 29.6 Å². The maximum absolute atomic E-state index is 13.0. The number of nitrogens with one attached hydrogen (secondary N) is 2. The van der Waals surface area contributed by atoms with E-state index in [2.05, 4.69) is 39.1 Å². The molecule has 2 bridgehead atoms. The van der Waals surface area contributed by atoms with Gasteiger partial charge >= 0.3 is 0 Å². The predicted molar refractivity (Wildman–Crippen MR) is 160 cm³/mol. The lowest BCUT2D eigenvalue weighted by atomic mass is 9.71. The Kier molecular flexibility index (Phi) is 8.22. The highest BCUT2D eigenvalue weighted by atomic mass is 32.2. The molecule has 40 heavy (non-hydrogen) atoms. The summed E-state index contributed by atoms with van der Waals surface area (Å²) in [6.07, 6.45) is 9.37. The minimum atomic E-state index is -1.22. The molecule has 1 aliphatic carbocycles. The van der Waals surface area contributed by atoms with E-state index in [9.17, 15) is 9.00 Å². The predicted octanol–water partition coefficient (Wildman–Crippen LogP) is 2.44. The Morgan fingerprint density at radius 1 is 1.23 bits per heavy atom. The van der Waals surface area contributed by atoms with Crippen LogP contribution in [0, 0.1) is 5.92 Å². The Morgan fingerprint density at radius 2 is 1.98 bits per heavy atom. The quantitative estimate of drug-likeness (QED) is 0.256. The molecule has 0 aromatic carbocycles. The standard InChI is InChI=1S/C29H36N8O2S/c1-5-22(18-9-10-24(33-15-18)23-8-6-7-11-32-23)28-35-25(26(40(4)39)27(30)36-28)19-12-20-14-21(13-19)37(20)29(38)17(2)34-16-31-3/h6-11,15-16,19-21,26-27,36H,2,5,12-14,30H2,1,3-4H3,(H,31,34)/b28-22+/t19?,20-,21+,26?,27?,40?. The van der Waals surface area contributed by atoms with Gasteiger partial charge in [0.25, 0.3) is 5.91 Å². The van der Waals surface area contributed by atoms with Crippen LogP contribution in [0.1, 0.15) is 38.2 Å². The van der Waals surface area contributed by atoms with Crippen molar-refractivity contribution in [2.45, 2.75) is 56.1 Å². The molecule has 2 aromatic heterocycles. The highest BCUT2D eigenvalue weighted by Gasteiger charge is 2.51. The molecule has 4 unspecified atom stereocenters. The van der Waals surface area contributed by atoms with Gasteiger partial charge in [-0.1, -0.05) is 25.6 Å². The monoisotopic (exact) mass is 560 g/mol. The molecule has 11 heteroatoms. The first-order valence-corrected chi connectivity index (χ1v) is 15.2. The first-order chi connectivity index (χ1) is 19.3. The maximum atomic E-state index is 13.0. The molecule has 3 aliphatic heterocycles. The van der Waals surface area contributed by atoms with Gasteiger partial charge in [-0.25, -0.2) is 4.99 Å². The van der Waals surface area contributed by atoms with Crippen molar-refractivity contribution >= 4 is 34.3 Å². The number of nitrogens with zero attached hydrogens (tertiary/aromatic N) is 5. The third-order valence-electron chi connectivity index (χ3n) is 7.92. The fourth-order valence-electron chi connectivity index (χ4n) is 6.05. The van der Waals surface area contributed by atoms with Gasteiger partial charge in [-0.05, 0) is 49.4 Å². The van der Waals surface area contributed by atoms with Crippen molar-refractivity contribution in [1.82, 2.24) is 25.5 Å². The largest absolute Gasteiger partial charge is 0.353 e. The number of amides is 1. The van der Waals surface area contributed by atoms with Gasteiger partial charge in [0.1, 0.15) is 11.1 Å². The minimum absolute atomic E-state index is 0.0889. The normalized spacial score (nSPS) is 27.8. The molecule has 3 fully saturated rings. The fraction of sp³-hybridized carbons (Fsp3) is 0.414. The zero-order valence-electron chi connectivity index (χ0n) is 23.1. The summed E-state index contributed by atoms with van der Waals surface area (Å²) >= 11 is 0. The average Bonchev–Trinajstić information content (AvgIpc) is 2.96. The molecule has 6 rings (SSSR count). The molecule has 0 spiro atoms. The van der Waals surface area contributed by atoms with Gasteiger partial charge in [-0.15, -0.1) is 0 Å². The van der Waals surface area contributed by atoms with Crippen LogP contribution in [0.25, 0.3) is 17.0 Å². The second-order valence-electron chi connectivity index (χ2n) is 10.4. The second-order valence-corrected chi connectivity index (χ2v) is 11.9.